The van der Waals surface area contributed by atoms with Gasteiger partial charge in [0.25, 0.3) is 0 Å². The third-order valence-corrected chi connectivity index (χ3v) is 4.71. The molecule has 1 aliphatic carbocycles. The van der Waals surface area contributed by atoms with E-state index in [0.29, 0.717) is 0 Å². The molecule has 0 nitrogen and oxygen atoms in total. The average Bonchev–Trinajstić information content (AvgIpc) is 2.96. The van der Waals surface area contributed by atoms with Gasteiger partial charge >= 0.3 is 0 Å². The van der Waals surface area contributed by atoms with Crippen LogP contribution in [0.15, 0.2) is 60.7 Å². The maximum absolute atomic E-state index is 3.04. The zero-order valence-corrected chi connectivity index (χ0v) is 11.2. The highest BCUT2D eigenvalue weighted by Crippen LogP contribution is 2.66. The third-order valence-electron chi connectivity index (χ3n) is 4.02. The molecule has 2 aromatic rings. The second kappa shape index (κ2) is 3.68. The number of rotatable bonds is 2. The molecule has 86 valence electrons. The molecule has 1 fully saturated rings. The Balaban J connectivity index is 2.15. The molecule has 0 radical (unpaired) electrons. The summed E-state index contributed by atoms with van der Waals surface area (Å²) >= 11 is 0. The summed E-state index contributed by atoms with van der Waals surface area (Å²) in [5.41, 5.74) is 3.06. The first-order chi connectivity index (χ1) is 8.17. The fraction of sp³-hybridized carbons (Fsp3) is 0.250. The van der Waals surface area contributed by atoms with Gasteiger partial charge in [-0.15, -0.1) is 9.24 Å². The van der Waals surface area contributed by atoms with E-state index in [4.69, 9.17) is 0 Å². The van der Waals surface area contributed by atoms with Crippen LogP contribution in [0.3, 0.4) is 0 Å². The molecule has 2 atom stereocenters. The van der Waals surface area contributed by atoms with E-state index in [2.05, 4.69) is 76.8 Å². The lowest BCUT2D eigenvalue weighted by molar-refractivity contribution is 0.780. The van der Waals surface area contributed by atoms with Gasteiger partial charge in [0.05, 0.1) is 0 Å². The maximum atomic E-state index is 3.04. The van der Waals surface area contributed by atoms with Gasteiger partial charge in [-0.25, -0.2) is 0 Å². The molecule has 0 N–H and O–H groups in total. The summed E-state index contributed by atoms with van der Waals surface area (Å²) in [6.07, 6.45) is 1.21. The highest BCUT2D eigenvalue weighted by atomic mass is 31.0. The van der Waals surface area contributed by atoms with Crippen LogP contribution in [-0.2, 0) is 5.41 Å². The van der Waals surface area contributed by atoms with Crippen molar-refractivity contribution in [3.05, 3.63) is 71.8 Å². The van der Waals surface area contributed by atoms with Gasteiger partial charge in [0.2, 0.25) is 0 Å². The molecule has 0 amide bonds. The Morgan fingerprint density at radius 3 is 1.47 bits per heavy atom. The molecule has 0 heterocycles. The Kier molecular flexibility index (Phi) is 2.38. The van der Waals surface area contributed by atoms with E-state index in [0.717, 1.165) is 0 Å². The van der Waals surface area contributed by atoms with Crippen LogP contribution in [0.25, 0.3) is 0 Å². The lowest BCUT2D eigenvalue weighted by atomic mass is 9.86. The van der Waals surface area contributed by atoms with Crippen LogP contribution in [0.4, 0.5) is 0 Å². The summed E-state index contributed by atoms with van der Waals surface area (Å²) in [5, 5.41) is 0.287. The van der Waals surface area contributed by atoms with Crippen molar-refractivity contribution in [3.63, 3.8) is 0 Å². The van der Waals surface area contributed by atoms with Crippen molar-refractivity contribution in [2.75, 3.05) is 0 Å². The summed E-state index contributed by atoms with van der Waals surface area (Å²) < 4.78 is 0. The van der Waals surface area contributed by atoms with Gasteiger partial charge in [-0.3, -0.25) is 0 Å². The predicted octanol–water partition coefficient (Wildman–Crippen LogP) is 4.01. The van der Waals surface area contributed by atoms with E-state index in [9.17, 15) is 0 Å². The lowest BCUT2D eigenvalue weighted by Gasteiger charge is -2.21. The molecule has 2 unspecified atom stereocenters. The topological polar surface area (TPSA) is 0 Å². The summed E-state index contributed by atoms with van der Waals surface area (Å²) in [6, 6.07) is 21.7. The fourth-order valence-corrected chi connectivity index (χ4v) is 3.62. The fourth-order valence-electron chi connectivity index (χ4n) is 2.98. The van der Waals surface area contributed by atoms with Crippen LogP contribution in [-0.4, -0.2) is 5.16 Å². The molecule has 1 saturated carbocycles. The van der Waals surface area contributed by atoms with Gasteiger partial charge in [-0.1, -0.05) is 67.6 Å². The van der Waals surface area contributed by atoms with Gasteiger partial charge in [0.1, 0.15) is 0 Å². The number of hydrogen-bond donors (Lipinski definition) is 0. The molecule has 0 aromatic heterocycles. The largest absolute Gasteiger partial charge is 0.130 e. The molecule has 0 saturated heterocycles. The van der Waals surface area contributed by atoms with Crippen LogP contribution in [0.2, 0.25) is 0 Å². The quantitative estimate of drug-likeness (QED) is 0.696. The number of hydrogen-bond acceptors (Lipinski definition) is 0. The van der Waals surface area contributed by atoms with Crippen LogP contribution >= 0.6 is 9.24 Å². The van der Waals surface area contributed by atoms with Crippen molar-refractivity contribution >= 4 is 9.24 Å². The molecule has 1 heteroatoms. The highest BCUT2D eigenvalue weighted by Gasteiger charge is 2.63. The highest BCUT2D eigenvalue weighted by molar-refractivity contribution is 7.19. The average molecular weight is 240 g/mol. The first-order valence-electron chi connectivity index (χ1n) is 6.07. The molecule has 2 aromatic carbocycles. The van der Waals surface area contributed by atoms with Gasteiger partial charge in [0.15, 0.2) is 0 Å². The van der Waals surface area contributed by atoms with Crippen molar-refractivity contribution in [1.29, 1.82) is 0 Å². The van der Waals surface area contributed by atoms with Gasteiger partial charge in [-0.05, 0) is 22.7 Å². The Labute approximate surface area is 105 Å². The zero-order chi connectivity index (χ0) is 11.9. The van der Waals surface area contributed by atoms with E-state index in [-0.39, 0.29) is 10.6 Å². The van der Waals surface area contributed by atoms with E-state index in [1.807, 2.05) is 0 Å². The monoisotopic (exact) mass is 240 g/mol. The van der Waals surface area contributed by atoms with Crippen molar-refractivity contribution in [3.8, 4) is 0 Å². The lowest BCUT2D eigenvalue weighted by Crippen LogP contribution is -2.17. The molecule has 0 spiro atoms. The Hall–Kier alpha value is -1.13. The third kappa shape index (κ3) is 1.55. The van der Waals surface area contributed by atoms with Crippen LogP contribution in [0, 0.1) is 0 Å². The zero-order valence-electron chi connectivity index (χ0n) is 10.1. The Morgan fingerprint density at radius 2 is 1.18 bits per heavy atom. The number of benzene rings is 2. The minimum Gasteiger partial charge on any atom is -0.130 e. The SMILES string of the molecule is CC1(P)CC1(c1ccccc1)c1ccccc1. The summed E-state index contributed by atoms with van der Waals surface area (Å²) in [4.78, 5) is 0. The Bertz CT molecular complexity index is 474. The summed E-state index contributed by atoms with van der Waals surface area (Å²) in [5.74, 6) is 0. The minimum atomic E-state index is 0.195. The summed E-state index contributed by atoms with van der Waals surface area (Å²) in [7, 11) is 3.04. The van der Waals surface area contributed by atoms with Crippen LogP contribution < -0.4 is 0 Å². The molecular weight excluding hydrogens is 223 g/mol. The standard InChI is InChI=1S/C16H17P/c1-15(17)12-16(15,13-8-4-2-5-9-13)14-10-6-3-7-11-14/h2-11H,12,17H2,1H3. The van der Waals surface area contributed by atoms with Gasteiger partial charge in [0, 0.05) is 5.41 Å². The predicted molar refractivity (Wildman–Crippen MR) is 76.4 cm³/mol. The molecule has 0 aliphatic heterocycles. The van der Waals surface area contributed by atoms with Crippen LogP contribution in [0.1, 0.15) is 24.5 Å². The van der Waals surface area contributed by atoms with Crippen molar-refractivity contribution in [2.45, 2.75) is 23.9 Å². The molecule has 3 rings (SSSR count). The second-order valence-corrected chi connectivity index (χ2v) is 6.51. The van der Waals surface area contributed by atoms with Gasteiger partial charge < -0.3 is 0 Å². The smallest absolute Gasteiger partial charge is 0.0299 e. The minimum absolute atomic E-state index is 0.195. The summed E-state index contributed by atoms with van der Waals surface area (Å²) in [6.45, 7) is 2.33. The molecular formula is C16H17P. The van der Waals surface area contributed by atoms with E-state index in [1.54, 1.807) is 0 Å². The second-order valence-electron chi connectivity index (χ2n) is 5.23. The van der Waals surface area contributed by atoms with Gasteiger partial charge in [-0.2, -0.15) is 0 Å². The van der Waals surface area contributed by atoms with E-state index in [1.165, 1.54) is 17.5 Å². The van der Waals surface area contributed by atoms with Crippen LogP contribution in [0.5, 0.6) is 0 Å². The first-order valence-corrected chi connectivity index (χ1v) is 6.64. The first kappa shape index (κ1) is 11.0. The molecule has 0 bridgehead atoms. The molecule has 1 aliphatic rings. The van der Waals surface area contributed by atoms with Crippen molar-refractivity contribution in [1.82, 2.24) is 0 Å². The van der Waals surface area contributed by atoms with E-state index >= 15 is 0 Å². The van der Waals surface area contributed by atoms with Crippen molar-refractivity contribution < 1.29 is 0 Å². The normalized spacial score (nSPS) is 25.5. The maximum Gasteiger partial charge on any atom is 0.0299 e. The Morgan fingerprint density at radius 1 is 0.824 bits per heavy atom. The molecule has 17 heavy (non-hydrogen) atoms. The van der Waals surface area contributed by atoms with E-state index < -0.39 is 0 Å². The van der Waals surface area contributed by atoms with Crippen molar-refractivity contribution in [2.24, 2.45) is 0 Å².